The molecular formula is C14H22Cl2N2OS. The molecule has 0 aliphatic carbocycles. The summed E-state index contributed by atoms with van der Waals surface area (Å²) in [5, 5.41) is 3.21. The van der Waals surface area contributed by atoms with E-state index in [0.29, 0.717) is 12.3 Å². The van der Waals surface area contributed by atoms with Crippen molar-refractivity contribution in [1.82, 2.24) is 10.2 Å². The molecule has 0 saturated carbocycles. The summed E-state index contributed by atoms with van der Waals surface area (Å²) in [4.78, 5) is 15.4. The second-order valence-corrected chi connectivity index (χ2v) is 6.91. The number of carbonyl (C=O) groups excluding carboxylic acids is 1. The van der Waals surface area contributed by atoms with Crippen molar-refractivity contribution in [3.8, 4) is 0 Å². The van der Waals surface area contributed by atoms with Crippen LogP contribution in [0.2, 0.25) is 4.34 Å². The van der Waals surface area contributed by atoms with Gasteiger partial charge in [0.15, 0.2) is 0 Å². The van der Waals surface area contributed by atoms with Crippen molar-refractivity contribution >= 4 is 41.3 Å². The molecule has 1 fully saturated rings. The van der Waals surface area contributed by atoms with Gasteiger partial charge in [0.2, 0.25) is 5.91 Å². The number of hydrogen-bond acceptors (Lipinski definition) is 3. The first-order valence-electron chi connectivity index (χ1n) is 6.85. The maximum atomic E-state index is 12.2. The molecule has 20 heavy (non-hydrogen) atoms. The van der Waals surface area contributed by atoms with Crippen LogP contribution in [0.3, 0.4) is 0 Å². The van der Waals surface area contributed by atoms with Crippen molar-refractivity contribution in [3.63, 3.8) is 0 Å². The van der Waals surface area contributed by atoms with Gasteiger partial charge >= 0.3 is 0 Å². The standard InChI is InChI=1S/C14H21ClN2OS.ClH/c1-16-9-11-3-2-8-17(10-11)14(18)7-5-12-4-6-13(15)19-12;/h4,6,11,16H,2-3,5,7-10H2,1H3;1H. The summed E-state index contributed by atoms with van der Waals surface area (Å²) < 4.78 is 0.800. The van der Waals surface area contributed by atoms with Gasteiger partial charge in [-0.2, -0.15) is 0 Å². The molecule has 0 bridgehead atoms. The van der Waals surface area contributed by atoms with Gasteiger partial charge in [0, 0.05) is 24.4 Å². The van der Waals surface area contributed by atoms with Gasteiger partial charge in [0.05, 0.1) is 4.34 Å². The van der Waals surface area contributed by atoms with Gasteiger partial charge < -0.3 is 10.2 Å². The molecule has 0 aromatic carbocycles. The van der Waals surface area contributed by atoms with Crippen LogP contribution in [0.15, 0.2) is 12.1 Å². The van der Waals surface area contributed by atoms with Gasteiger partial charge in [0.1, 0.15) is 0 Å². The first-order valence-corrected chi connectivity index (χ1v) is 8.05. The summed E-state index contributed by atoms with van der Waals surface area (Å²) in [7, 11) is 1.97. The van der Waals surface area contributed by atoms with E-state index in [0.717, 1.165) is 36.8 Å². The molecule has 6 heteroatoms. The van der Waals surface area contributed by atoms with Crippen molar-refractivity contribution < 1.29 is 4.79 Å². The number of thiophene rings is 1. The largest absolute Gasteiger partial charge is 0.342 e. The molecule has 114 valence electrons. The van der Waals surface area contributed by atoms with Crippen molar-refractivity contribution in [3.05, 3.63) is 21.3 Å². The second kappa shape index (κ2) is 8.88. The summed E-state index contributed by atoms with van der Waals surface area (Å²) in [6.45, 7) is 2.83. The van der Waals surface area contributed by atoms with Gasteiger partial charge in [-0.05, 0) is 50.9 Å². The van der Waals surface area contributed by atoms with Gasteiger partial charge in [0.25, 0.3) is 0 Å². The Hall–Kier alpha value is -0.290. The van der Waals surface area contributed by atoms with E-state index in [4.69, 9.17) is 11.6 Å². The monoisotopic (exact) mass is 336 g/mol. The lowest BCUT2D eigenvalue weighted by molar-refractivity contribution is -0.132. The SMILES string of the molecule is CNCC1CCCN(C(=O)CCc2ccc(Cl)s2)C1.Cl. The Morgan fingerprint density at radius 2 is 2.35 bits per heavy atom. The summed E-state index contributed by atoms with van der Waals surface area (Å²) in [6.07, 6.45) is 3.76. The lowest BCUT2D eigenvalue weighted by atomic mass is 9.97. The molecule has 3 nitrogen and oxygen atoms in total. The zero-order valence-corrected chi connectivity index (χ0v) is 14.1. The molecule has 1 N–H and O–H groups in total. The predicted octanol–water partition coefficient (Wildman–Crippen LogP) is 3.21. The highest BCUT2D eigenvalue weighted by Gasteiger charge is 2.22. The van der Waals surface area contributed by atoms with Crippen LogP contribution in [-0.2, 0) is 11.2 Å². The maximum Gasteiger partial charge on any atom is 0.222 e. The van der Waals surface area contributed by atoms with E-state index in [-0.39, 0.29) is 18.3 Å². The molecule has 0 spiro atoms. The van der Waals surface area contributed by atoms with Crippen molar-refractivity contribution in [1.29, 1.82) is 0 Å². The van der Waals surface area contributed by atoms with Crippen LogP contribution < -0.4 is 5.32 Å². The first-order chi connectivity index (χ1) is 9.19. The highest BCUT2D eigenvalue weighted by molar-refractivity contribution is 7.16. The average molecular weight is 337 g/mol. The highest BCUT2D eigenvalue weighted by Crippen LogP contribution is 2.23. The molecule has 1 saturated heterocycles. The van der Waals surface area contributed by atoms with Crippen LogP contribution in [0.4, 0.5) is 0 Å². The molecule has 1 aliphatic heterocycles. The van der Waals surface area contributed by atoms with Crippen LogP contribution in [0.1, 0.15) is 24.1 Å². The molecular weight excluding hydrogens is 315 g/mol. The second-order valence-electron chi connectivity index (χ2n) is 5.11. The smallest absolute Gasteiger partial charge is 0.222 e. The van der Waals surface area contributed by atoms with E-state index in [2.05, 4.69) is 5.32 Å². The van der Waals surface area contributed by atoms with E-state index in [9.17, 15) is 4.79 Å². The van der Waals surface area contributed by atoms with E-state index in [1.807, 2.05) is 24.1 Å². The van der Waals surface area contributed by atoms with Gasteiger partial charge in [-0.25, -0.2) is 0 Å². The maximum absolute atomic E-state index is 12.2. The topological polar surface area (TPSA) is 32.3 Å². The number of rotatable bonds is 5. The van der Waals surface area contributed by atoms with E-state index in [1.165, 1.54) is 11.3 Å². The minimum Gasteiger partial charge on any atom is -0.342 e. The van der Waals surface area contributed by atoms with Crippen LogP contribution in [-0.4, -0.2) is 37.5 Å². The van der Waals surface area contributed by atoms with Crippen LogP contribution in [0.5, 0.6) is 0 Å². The summed E-state index contributed by atoms with van der Waals surface area (Å²) in [5.41, 5.74) is 0. The minimum absolute atomic E-state index is 0. The van der Waals surface area contributed by atoms with Gasteiger partial charge in [-0.15, -0.1) is 23.7 Å². The van der Waals surface area contributed by atoms with E-state index >= 15 is 0 Å². The van der Waals surface area contributed by atoms with Crippen LogP contribution in [0.25, 0.3) is 0 Å². The molecule has 2 rings (SSSR count). The Morgan fingerprint density at radius 3 is 3.00 bits per heavy atom. The first kappa shape index (κ1) is 17.8. The Kier molecular flexibility index (Phi) is 7.88. The number of nitrogens with one attached hydrogen (secondary N) is 1. The molecule has 2 heterocycles. The van der Waals surface area contributed by atoms with Crippen LogP contribution >= 0.6 is 35.3 Å². The third kappa shape index (κ3) is 5.24. The van der Waals surface area contributed by atoms with Crippen molar-refractivity contribution in [2.45, 2.75) is 25.7 Å². The fourth-order valence-electron chi connectivity index (χ4n) is 2.62. The fourth-order valence-corrected chi connectivity index (χ4v) is 3.71. The van der Waals surface area contributed by atoms with Gasteiger partial charge in [-0.3, -0.25) is 4.79 Å². The number of carbonyl (C=O) groups is 1. The van der Waals surface area contributed by atoms with Crippen molar-refractivity contribution in [2.75, 3.05) is 26.7 Å². The lowest BCUT2D eigenvalue weighted by Gasteiger charge is -2.32. The van der Waals surface area contributed by atoms with E-state index < -0.39 is 0 Å². The molecule has 1 aliphatic rings. The predicted molar refractivity (Wildman–Crippen MR) is 88.1 cm³/mol. The summed E-state index contributed by atoms with van der Waals surface area (Å²) >= 11 is 7.46. The normalized spacial score (nSPS) is 18.7. The third-order valence-electron chi connectivity index (χ3n) is 3.58. The third-order valence-corrected chi connectivity index (χ3v) is 4.87. The van der Waals surface area contributed by atoms with E-state index in [1.54, 1.807) is 11.3 Å². The number of halogens is 2. The number of hydrogen-bond donors (Lipinski definition) is 1. The molecule has 1 unspecified atom stereocenters. The average Bonchev–Trinajstić information content (AvgIpc) is 2.82. The fraction of sp³-hybridized carbons (Fsp3) is 0.643. The quantitative estimate of drug-likeness (QED) is 0.895. The molecule has 1 amide bonds. The molecule has 1 aromatic heterocycles. The Morgan fingerprint density at radius 1 is 1.55 bits per heavy atom. The number of amides is 1. The molecule has 0 radical (unpaired) electrons. The minimum atomic E-state index is 0. The Bertz CT molecular complexity index is 423. The van der Waals surface area contributed by atoms with Crippen molar-refractivity contribution in [2.24, 2.45) is 5.92 Å². The Labute approximate surface area is 136 Å². The van der Waals surface area contributed by atoms with Gasteiger partial charge in [-0.1, -0.05) is 11.6 Å². The molecule has 1 atom stereocenters. The summed E-state index contributed by atoms with van der Waals surface area (Å²) in [6, 6.07) is 3.91. The number of aryl methyl sites for hydroxylation is 1. The lowest BCUT2D eigenvalue weighted by Crippen LogP contribution is -2.42. The zero-order valence-electron chi connectivity index (χ0n) is 11.7. The molecule has 1 aromatic rings. The Balaban J connectivity index is 0.00000200. The number of likely N-dealkylation sites (tertiary alicyclic amines) is 1. The number of piperidine rings is 1. The summed E-state index contributed by atoms with van der Waals surface area (Å²) in [5.74, 6) is 0.893. The van der Waals surface area contributed by atoms with Crippen LogP contribution in [0, 0.1) is 5.92 Å². The highest BCUT2D eigenvalue weighted by atomic mass is 35.5. The number of nitrogens with zero attached hydrogens (tertiary/aromatic N) is 1. The zero-order chi connectivity index (χ0) is 13.7.